The van der Waals surface area contributed by atoms with Crippen molar-refractivity contribution in [2.45, 2.75) is 31.5 Å². The molecule has 1 fully saturated rings. The second kappa shape index (κ2) is 4.44. The van der Waals surface area contributed by atoms with Crippen LogP contribution in [0.1, 0.15) is 31.4 Å². The summed E-state index contributed by atoms with van der Waals surface area (Å²) < 4.78 is 11.6. The molecule has 4 heteroatoms. The molecule has 2 unspecified atom stereocenters. The molecule has 1 spiro atoms. The lowest BCUT2D eigenvalue weighted by Gasteiger charge is -2.37. The Labute approximate surface area is 107 Å². The Morgan fingerprint density at radius 3 is 3.17 bits per heavy atom. The van der Waals surface area contributed by atoms with Crippen LogP contribution in [0.25, 0.3) is 0 Å². The van der Waals surface area contributed by atoms with E-state index in [0.717, 1.165) is 36.6 Å². The summed E-state index contributed by atoms with van der Waals surface area (Å²) in [6.07, 6.45) is 1.17. The van der Waals surface area contributed by atoms with Gasteiger partial charge in [-0.3, -0.25) is 0 Å². The first kappa shape index (κ1) is 11.8. The molecule has 1 aromatic rings. The molecule has 0 radical (unpaired) electrons. The van der Waals surface area contributed by atoms with Crippen LogP contribution in [-0.2, 0) is 0 Å². The zero-order valence-electron chi connectivity index (χ0n) is 10.6. The molecule has 3 rings (SSSR count). The molecular formula is C14H19NO3. The highest BCUT2D eigenvalue weighted by molar-refractivity contribution is 5.44. The number of nitrogens with one attached hydrogen (secondary N) is 1. The third-order valence-electron chi connectivity index (χ3n) is 3.75. The maximum absolute atomic E-state index is 10.3. The summed E-state index contributed by atoms with van der Waals surface area (Å²) in [4.78, 5) is 0. The van der Waals surface area contributed by atoms with Gasteiger partial charge in [0.25, 0.3) is 0 Å². The van der Waals surface area contributed by atoms with E-state index in [4.69, 9.17) is 9.47 Å². The number of benzene rings is 1. The Hall–Kier alpha value is -1.26. The van der Waals surface area contributed by atoms with E-state index in [1.165, 1.54) is 0 Å². The minimum Gasteiger partial charge on any atom is -0.494 e. The molecule has 2 atom stereocenters. The van der Waals surface area contributed by atoms with E-state index in [2.05, 4.69) is 5.32 Å². The summed E-state index contributed by atoms with van der Waals surface area (Å²) in [5, 5.41) is 13.6. The first-order valence-electron chi connectivity index (χ1n) is 6.57. The van der Waals surface area contributed by atoms with Crippen LogP contribution in [0.4, 0.5) is 0 Å². The van der Waals surface area contributed by atoms with E-state index in [-0.39, 0.29) is 5.60 Å². The van der Waals surface area contributed by atoms with Gasteiger partial charge >= 0.3 is 0 Å². The lowest BCUT2D eigenvalue weighted by Crippen LogP contribution is -2.42. The van der Waals surface area contributed by atoms with Gasteiger partial charge in [0.1, 0.15) is 17.1 Å². The Morgan fingerprint density at radius 1 is 1.56 bits per heavy atom. The van der Waals surface area contributed by atoms with Crippen LogP contribution in [0.15, 0.2) is 18.2 Å². The summed E-state index contributed by atoms with van der Waals surface area (Å²) in [7, 11) is 0. The number of aliphatic hydroxyl groups is 1. The zero-order chi connectivity index (χ0) is 12.6. The molecule has 2 aliphatic heterocycles. The van der Waals surface area contributed by atoms with Crippen LogP contribution >= 0.6 is 0 Å². The van der Waals surface area contributed by atoms with Crippen molar-refractivity contribution in [1.82, 2.24) is 5.32 Å². The molecule has 1 saturated heterocycles. The zero-order valence-corrected chi connectivity index (χ0v) is 10.6. The van der Waals surface area contributed by atoms with E-state index >= 15 is 0 Å². The molecule has 2 N–H and O–H groups in total. The van der Waals surface area contributed by atoms with E-state index in [9.17, 15) is 5.11 Å². The molecule has 1 aromatic carbocycles. The van der Waals surface area contributed by atoms with Gasteiger partial charge < -0.3 is 19.9 Å². The van der Waals surface area contributed by atoms with Crippen molar-refractivity contribution in [2.75, 3.05) is 19.7 Å². The monoisotopic (exact) mass is 249 g/mol. The van der Waals surface area contributed by atoms with Crippen molar-refractivity contribution >= 4 is 0 Å². The molecule has 0 aromatic heterocycles. The van der Waals surface area contributed by atoms with Gasteiger partial charge in [-0.15, -0.1) is 0 Å². The average molecular weight is 249 g/mol. The second-order valence-corrected chi connectivity index (χ2v) is 5.06. The lowest BCUT2D eigenvalue weighted by atomic mass is 9.88. The molecule has 0 amide bonds. The van der Waals surface area contributed by atoms with Crippen LogP contribution in [0.2, 0.25) is 0 Å². The van der Waals surface area contributed by atoms with Crippen molar-refractivity contribution in [3.63, 3.8) is 0 Å². The van der Waals surface area contributed by atoms with Gasteiger partial charge in [0.15, 0.2) is 0 Å². The minimum absolute atomic E-state index is 0.239. The van der Waals surface area contributed by atoms with Crippen LogP contribution in [0.3, 0.4) is 0 Å². The highest BCUT2D eigenvalue weighted by Crippen LogP contribution is 2.43. The fraction of sp³-hybridized carbons (Fsp3) is 0.571. The van der Waals surface area contributed by atoms with E-state index < -0.39 is 6.10 Å². The smallest absolute Gasteiger partial charge is 0.129 e. The number of hydrogen-bond donors (Lipinski definition) is 2. The molecule has 0 aliphatic carbocycles. The van der Waals surface area contributed by atoms with Crippen LogP contribution in [0.5, 0.6) is 11.5 Å². The molecular weight excluding hydrogens is 230 g/mol. The lowest BCUT2D eigenvalue weighted by molar-refractivity contribution is -0.000496. The predicted molar refractivity (Wildman–Crippen MR) is 68.0 cm³/mol. The second-order valence-electron chi connectivity index (χ2n) is 5.06. The quantitative estimate of drug-likeness (QED) is 0.836. The van der Waals surface area contributed by atoms with Crippen molar-refractivity contribution in [3.05, 3.63) is 23.8 Å². The fourth-order valence-corrected chi connectivity index (χ4v) is 2.85. The maximum atomic E-state index is 10.3. The number of fused-ring (bicyclic) bond motifs is 1. The first-order chi connectivity index (χ1) is 8.72. The van der Waals surface area contributed by atoms with E-state index in [1.54, 1.807) is 0 Å². The summed E-state index contributed by atoms with van der Waals surface area (Å²) in [5.74, 6) is 1.56. The number of hydrogen-bond acceptors (Lipinski definition) is 4. The Balaban J connectivity index is 1.92. The number of rotatable bonds is 2. The standard InChI is InChI=1S/C14H19NO3/c1-2-17-10-3-4-11-12(16)8-14(5-6-15-9-14)18-13(11)7-10/h3-4,7,12,15-16H,2,5-6,8-9H2,1H3. The molecule has 98 valence electrons. The van der Waals surface area contributed by atoms with Gasteiger partial charge in [-0.2, -0.15) is 0 Å². The van der Waals surface area contributed by atoms with Crippen molar-refractivity contribution in [1.29, 1.82) is 0 Å². The highest BCUT2D eigenvalue weighted by atomic mass is 16.5. The third kappa shape index (κ3) is 1.95. The molecule has 0 bridgehead atoms. The summed E-state index contributed by atoms with van der Waals surface area (Å²) >= 11 is 0. The normalized spacial score (nSPS) is 30.0. The van der Waals surface area contributed by atoms with Gasteiger partial charge in [0, 0.05) is 31.0 Å². The Morgan fingerprint density at radius 2 is 2.44 bits per heavy atom. The predicted octanol–water partition coefficient (Wildman–Crippen LogP) is 1.63. The summed E-state index contributed by atoms with van der Waals surface area (Å²) in [6.45, 7) is 4.35. The van der Waals surface area contributed by atoms with Crippen molar-refractivity contribution < 1.29 is 14.6 Å². The van der Waals surface area contributed by atoms with Gasteiger partial charge in [0.2, 0.25) is 0 Å². The Bertz CT molecular complexity index is 441. The molecule has 2 aliphatic rings. The Kier molecular flexibility index (Phi) is 2.92. The van der Waals surface area contributed by atoms with Crippen LogP contribution in [0, 0.1) is 0 Å². The average Bonchev–Trinajstić information content (AvgIpc) is 2.77. The molecule has 18 heavy (non-hydrogen) atoms. The molecule has 0 saturated carbocycles. The fourth-order valence-electron chi connectivity index (χ4n) is 2.85. The van der Waals surface area contributed by atoms with Crippen molar-refractivity contribution in [2.24, 2.45) is 0 Å². The van der Waals surface area contributed by atoms with Crippen LogP contribution in [-0.4, -0.2) is 30.4 Å². The summed E-state index contributed by atoms with van der Waals surface area (Å²) in [5.41, 5.74) is 0.632. The maximum Gasteiger partial charge on any atom is 0.129 e. The van der Waals surface area contributed by atoms with Gasteiger partial charge in [-0.1, -0.05) is 0 Å². The largest absolute Gasteiger partial charge is 0.494 e. The molecule has 2 heterocycles. The van der Waals surface area contributed by atoms with E-state index in [0.29, 0.717) is 13.0 Å². The van der Waals surface area contributed by atoms with Crippen LogP contribution < -0.4 is 14.8 Å². The summed E-state index contributed by atoms with van der Waals surface area (Å²) in [6, 6.07) is 5.68. The minimum atomic E-state index is -0.440. The number of ether oxygens (including phenoxy) is 2. The third-order valence-corrected chi connectivity index (χ3v) is 3.75. The SMILES string of the molecule is CCOc1ccc2c(c1)OC1(CCNC1)CC2O. The van der Waals surface area contributed by atoms with Gasteiger partial charge in [0.05, 0.1) is 12.7 Å². The topological polar surface area (TPSA) is 50.7 Å². The van der Waals surface area contributed by atoms with Crippen molar-refractivity contribution in [3.8, 4) is 11.5 Å². The number of aliphatic hydroxyl groups excluding tert-OH is 1. The van der Waals surface area contributed by atoms with Gasteiger partial charge in [-0.25, -0.2) is 0 Å². The first-order valence-corrected chi connectivity index (χ1v) is 6.57. The molecule has 4 nitrogen and oxygen atoms in total. The van der Waals surface area contributed by atoms with E-state index in [1.807, 2.05) is 25.1 Å². The highest BCUT2D eigenvalue weighted by Gasteiger charge is 2.42. The van der Waals surface area contributed by atoms with Gasteiger partial charge in [-0.05, 0) is 25.6 Å².